The molecule has 0 spiro atoms. The van der Waals surface area contributed by atoms with E-state index in [-0.39, 0.29) is 0 Å². The van der Waals surface area contributed by atoms with Crippen LogP contribution in [0.15, 0.2) is 0 Å². The first-order chi connectivity index (χ1) is 9.31. The SMILES string of the molecule is CCCCOCCOCCOCCCC(Cl)CCC. The van der Waals surface area contributed by atoms with Gasteiger partial charge < -0.3 is 14.2 Å². The van der Waals surface area contributed by atoms with Crippen LogP contribution in [-0.4, -0.2) is 45.0 Å². The van der Waals surface area contributed by atoms with Gasteiger partial charge in [0, 0.05) is 18.6 Å². The Bertz CT molecular complexity index is 167. The summed E-state index contributed by atoms with van der Waals surface area (Å²) in [5.41, 5.74) is 0. The number of halogens is 1. The summed E-state index contributed by atoms with van der Waals surface area (Å²) in [5.74, 6) is 0. The molecule has 4 heteroatoms. The standard InChI is InChI=1S/C15H31ClO3/c1-3-5-9-17-11-13-19-14-12-18-10-6-8-15(16)7-4-2/h15H,3-14H2,1-2H3. The molecule has 1 unspecified atom stereocenters. The van der Waals surface area contributed by atoms with Gasteiger partial charge in [-0.1, -0.05) is 26.7 Å². The van der Waals surface area contributed by atoms with Gasteiger partial charge in [0.2, 0.25) is 0 Å². The minimum absolute atomic E-state index is 0.310. The molecule has 0 saturated heterocycles. The normalized spacial score (nSPS) is 12.8. The van der Waals surface area contributed by atoms with Crippen LogP contribution in [0.1, 0.15) is 52.4 Å². The molecule has 0 aliphatic carbocycles. The summed E-state index contributed by atoms with van der Waals surface area (Å²) in [5, 5.41) is 0.310. The van der Waals surface area contributed by atoms with Gasteiger partial charge in [-0.15, -0.1) is 11.6 Å². The van der Waals surface area contributed by atoms with Crippen molar-refractivity contribution in [3.05, 3.63) is 0 Å². The van der Waals surface area contributed by atoms with Crippen LogP contribution in [0.2, 0.25) is 0 Å². The van der Waals surface area contributed by atoms with Crippen molar-refractivity contribution in [1.29, 1.82) is 0 Å². The maximum atomic E-state index is 6.12. The van der Waals surface area contributed by atoms with Crippen LogP contribution in [0.4, 0.5) is 0 Å². The van der Waals surface area contributed by atoms with Gasteiger partial charge >= 0.3 is 0 Å². The summed E-state index contributed by atoms with van der Waals surface area (Å²) in [7, 11) is 0. The van der Waals surface area contributed by atoms with E-state index in [1.54, 1.807) is 0 Å². The highest BCUT2D eigenvalue weighted by atomic mass is 35.5. The Balaban J connectivity index is 2.99. The number of ether oxygens (including phenoxy) is 3. The topological polar surface area (TPSA) is 27.7 Å². The van der Waals surface area contributed by atoms with E-state index in [1.165, 1.54) is 6.42 Å². The Morgan fingerprint density at radius 2 is 1.21 bits per heavy atom. The van der Waals surface area contributed by atoms with Crippen LogP contribution >= 0.6 is 11.6 Å². The van der Waals surface area contributed by atoms with E-state index in [4.69, 9.17) is 25.8 Å². The fraction of sp³-hybridized carbons (Fsp3) is 1.00. The average Bonchev–Trinajstić information content (AvgIpc) is 2.40. The molecule has 0 aliphatic heterocycles. The highest BCUT2D eigenvalue weighted by molar-refractivity contribution is 6.20. The molecular formula is C15H31ClO3. The first kappa shape index (κ1) is 19.2. The summed E-state index contributed by atoms with van der Waals surface area (Å²) >= 11 is 6.12. The van der Waals surface area contributed by atoms with E-state index in [2.05, 4.69) is 13.8 Å². The lowest BCUT2D eigenvalue weighted by Gasteiger charge is -2.08. The monoisotopic (exact) mass is 294 g/mol. The number of unbranched alkanes of at least 4 members (excludes halogenated alkanes) is 1. The smallest absolute Gasteiger partial charge is 0.0701 e. The third-order valence-electron chi connectivity index (χ3n) is 2.79. The third kappa shape index (κ3) is 16.1. The minimum Gasteiger partial charge on any atom is -0.379 e. The quantitative estimate of drug-likeness (QED) is 0.337. The first-order valence-corrected chi connectivity index (χ1v) is 8.12. The van der Waals surface area contributed by atoms with Crippen molar-refractivity contribution in [1.82, 2.24) is 0 Å². The van der Waals surface area contributed by atoms with Gasteiger partial charge in [-0.3, -0.25) is 0 Å². The molecule has 0 radical (unpaired) electrons. The van der Waals surface area contributed by atoms with Crippen molar-refractivity contribution in [3.63, 3.8) is 0 Å². The lowest BCUT2D eigenvalue weighted by molar-refractivity contribution is 0.0134. The molecule has 0 fully saturated rings. The summed E-state index contributed by atoms with van der Waals surface area (Å²) in [6, 6.07) is 0. The van der Waals surface area contributed by atoms with Gasteiger partial charge in [0.1, 0.15) is 0 Å². The highest BCUT2D eigenvalue weighted by Crippen LogP contribution is 2.11. The zero-order valence-corrected chi connectivity index (χ0v) is 13.4. The Labute approximate surface area is 123 Å². The van der Waals surface area contributed by atoms with E-state index in [1.807, 2.05) is 0 Å². The van der Waals surface area contributed by atoms with Crippen LogP contribution < -0.4 is 0 Å². The van der Waals surface area contributed by atoms with Gasteiger partial charge in [0.25, 0.3) is 0 Å². The lowest BCUT2D eigenvalue weighted by atomic mass is 10.1. The molecule has 0 bridgehead atoms. The molecule has 0 aromatic carbocycles. The van der Waals surface area contributed by atoms with Crippen molar-refractivity contribution in [2.45, 2.75) is 57.7 Å². The number of hydrogen-bond acceptors (Lipinski definition) is 3. The molecule has 0 saturated carbocycles. The summed E-state index contributed by atoms with van der Waals surface area (Å²) in [4.78, 5) is 0. The van der Waals surface area contributed by atoms with Gasteiger partial charge in [-0.05, 0) is 25.7 Å². The van der Waals surface area contributed by atoms with E-state index in [0.717, 1.165) is 45.3 Å². The Hall–Kier alpha value is 0.170. The van der Waals surface area contributed by atoms with Crippen LogP contribution in [0.5, 0.6) is 0 Å². The number of alkyl halides is 1. The second kappa shape index (κ2) is 16.2. The molecular weight excluding hydrogens is 264 g/mol. The van der Waals surface area contributed by atoms with E-state index in [9.17, 15) is 0 Å². The number of rotatable bonds is 15. The first-order valence-electron chi connectivity index (χ1n) is 7.68. The Morgan fingerprint density at radius 1 is 0.684 bits per heavy atom. The highest BCUT2D eigenvalue weighted by Gasteiger charge is 2.02. The lowest BCUT2D eigenvalue weighted by Crippen LogP contribution is -2.10. The molecule has 0 heterocycles. The second-order valence-electron chi connectivity index (χ2n) is 4.72. The Kier molecular flexibility index (Phi) is 16.4. The van der Waals surface area contributed by atoms with E-state index >= 15 is 0 Å². The molecule has 0 aromatic rings. The molecule has 0 amide bonds. The van der Waals surface area contributed by atoms with Crippen LogP contribution in [0.25, 0.3) is 0 Å². The largest absolute Gasteiger partial charge is 0.379 e. The van der Waals surface area contributed by atoms with Crippen molar-refractivity contribution in [3.8, 4) is 0 Å². The van der Waals surface area contributed by atoms with Crippen LogP contribution in [0, 0.1) is 0 Å². The van der Waals surface area contributed by atoms with Gasteiger partial charge in [-0.25, -0.2) is 0 Å². The maximum Gasteiger partial charge on any atom is 0.0701 e. The van der Waals surface area contributed by atoms with Crippen molar-refractivity contribution in [2.75, 3.05) is 39.6 Å². The van der Waals surface area contributed by atoms with Crippen molar-refractivity contribution >= 4 is 11.6 Å². The summed E-state index contributed by atoms with van der Waals surface area (Å²) in [6.45, 7) is 8.60. The zero-order valence-electron chi connectivity index (χ0n) is 12.7. The number of hydrogen-bond donors (Lipinski definition) is 0. The molecule has 0 rings (SSSR count). The summed E-state index contributed by atoms with van der Waals surface area (Å²) < 4.78 is 16.3. The van der Waals surface area contributed by atoms with E-state index < -0.39 is 0 Å². The van der Waals surface area contributed by atoms with Crippen molar-refractivity contribution < 1.29 is 14.2 Å². The molecule has 0 N–H and O–H groups in total. The predicted octanol–water partition coefficient (Wildman–Crippen LogP) is 4.02. The fourth-order valence-electron chi connectivity index (χ4n) is 1.65. The fourth-order valence-corrected chi connectivity index (χ4v) is 2.03. The molecule has 0 aromatic heterocycles. The molecule has 1 atom stereocenters. The van der Waals surface area contributed by atoms with Gasteiger partial charge in [-0.2, -0.15) is 0 Å². The molecule has 19 heavy (non-hydrogen) atoms. The molecule has 3 nitrogen and oxygen atoms in total. The van der Waals surface area contributed by atoms with E-state index in [0.29, 0.717) is 31.8 Å². The van der Waals surface area contributed by atoms with Crippen LogP contribution in [0.3, 0.4) is 0 Å². The second-order valence-corrected chi connectivity index (χ2v) is 5.34. The minimum atomic E-state index is 0.310. The van der Waals surface area contributed by atoms with Gasteiger partial charge in [0.05, 0.1) is 26.4 Å². The third-order valence-corrected chi connectivity index (χ3v) is 3.23. The molecule has 116 valence electrons. The average molecular weight is 295 g/mol. The Morgan fingerprint density at radius 3 is 1.74 bits per heavy atom. The zero-order chi connectivity index (χ0) is 14.2. The molecule has 0 aliphatic rings. The van der Waals surface area contributed by atoms with Gasteiger partial charge in [0.15, 0.2) is 0 Å². The van der Waals surface area contributed by atoms with Crippen LogP contribution in [-0.2, 0) is 14.2 Å². The predicted molar refractivity (Wildman–Crippen MR) is 81.1 cm³/mol. The van der Waals surface area contributed by atoms with Crippen molar-refractivity contribution in [2.24, 2.45) is 0 Å². The summed E-state index contributed by atoms with van der Waals surface area (Å²) in [6.07, 6.45) is 6.64. The maximum absolute atomic E-state index is 6.12.